The highest BCUT2D eigenvalue weighted by Gasteiger charge is 2.27. The minimum Gasteiger partial charge on any atom is -0.454 e. The van der Waals surface area contributed by atoms with E-state index in [0.29, 0.717) is 45.2 Å². The van der Waals surface area contributed by atoms with Crippen LogP contribution in [0.15, 0.2) is 23.4 Å². The van der Waals surface area contributed by atoms with Crippen molar-refractivity contribution in [1.82, 2.24) is 20.1 Å². The quantitative estimate of drug-likeness (QED) is 0.357. The van der Waals surface area contributed by atoms with Gasteiger partial charge >= 0.3 is 0 Å². The van der Waals surface area contributed by atoms with Gasteiger partial charge in [0.15, 0.2) is 22.5 Å². The van der Waals surface area contributed by atoms with E-state index < -0.39 is 6.04 Å². The highest BCUT2D eigenvalue weighted by Crippen LogP contribution is 2.38. The topological polar surface area (TPSA) is 131 Å². The van der Waals surface area contributed by atoms with E-state index in [1.807, 2.05) is 25.3 Å². The number of carbonyl (C=O) groups excluding carboxylic acids is 2. The summed E-state index contributed by atoms with van der Waals surface area (Å²) in [6, 6.07) is 6.98. The molecule has 0 radical (unpaired) electrons. The van der Waals surface area contributed by atoms with Gasteiger partial charge in [-0.25, -0.2) is 0 Å². The van der Waals surface area contributed by atoms with E-state index in [1.165, 1.54) is 28.0 Å². The maximum Gasteiger partial charge on any atom is 0.252 e. The van der Waals surface area contributed by atoms with Crippen LogP contribution in [-0.4, -0.2) is 39.1 Å². The predicted molar refractivity (Wildman–Crippen MR) is 148 cm³/mol. The summed E-state index contributed by atoms with van der Waals surface area (Å²) >= 11 is 2.80. The van der Waals surface area contributed by atoms with Crippen LogP contribution >= 0.6 is 23.1 Å². The number of nitrogens with zero attached hydrogens (tertiary/aromatic N) is 4. The van der Waals surface area contributed by atoms with Crippen molar-refractivity contribution in [3.8, 4) is 17.6 Å². The molecule has 1 aliphatic heterocycles. The van der Waals surface area contributed by atoms with Crippen molar-refractivity contribution in [2.45, 2.75) is 64.2 Å². The van der Waals surface area contributed by atoms with Crippen LogP contribution in [0.3, 0.4) is 0 Å². The van der Waals surface area contributed by atoms with Gasteiger partial charge in [0.1, 0.15) is 11.1 Å². The molecule has 2 N–H and O–H groups in total. The number of rotatable bonds is 9. The molecule has 1 aromatic carbocycles. The molecule has 0 saturated heterocycles. The van der Waals surface area contributed by atoms with E-state index in [2.05, 4.69) is 26.9 Å². The molecule has 10 nitrogen and oxygen atoms in total. The first-order valence-corrected chi connectivity index (χ1v) is 14.8. The Bertz CT molecular complexity index is 1440. The average Bonchev–Trinajstić information content (AvgIpc) is 3.65. The molecule has 0 saturated carbocycles. The zero-order chi connectivity index (χ0) is 27.5. The number of benzene rings is 1. The van der Waals surface area contributed by atoms with Crippen LogP contribution in [0.5, 0.6) is 11.5 Å². The lowest BCUT2D eigenvalue weighted by Gasteiger charge is -2.22. The highest BCUT2D eigenvalue weighted by molar-refractivity contribution is 7.99. The maximum atomic E-state index is 13.1. The molecule has 0 spiro atoms. The second-order valence-electron chi connectivity index (χ2n) is 9.71. The lowest BCUT2D eigenvalue weighted by atomic mass is 9.96. The number of nitrogens with one attached hydrogen (secondary N) is 2. The van der Waals surface area contributed by atoms with Gasteiger partial charge in [0.2, 0.25) is 12.7 Å². The van der Waals surface area contributed by atoms with Crippen molar-refractivity contribution in [3.05, 3.63) is 45.6 Å². The molecule has 2 amide bonds. The number of thioether (sulfide) groups is 1. The van der Waals surface area contributed by atoms with E-state index in [4.69, 9.17) is 9.47 Å². The number of aromatic nitrogens is 3. The molecular formula is C27H30N6O4S2. The van der Waals surface area contributed by atoms with Crippen LogP contribution in [-0.2, 0) is 24.2 Å². The molecule has 1 unspecified atom stereocenters. The average molecular weight is 567 g/mol. The smallest absolute Gasteiger partial charge is 0.252 e. The Morgan fingerprint density at radius 2 is 2.00 bits per heavy atom. The monoisotopic (exact) mass is 566 g/mol. The van der Waals surface area contributed by atoms with Crippen molar-refractivity contribution in [1.29, 1.82) is 5.26 Å². The molecular weight excluding hydrogens is 536 g/mol. The van der Waals surface area contributed by atoms with E-state index in [-0.39, 0.29) is 30.3 Å². The van der Waals surface area contributed by atoms with Crippen LogP contribution in [0.1, 0.15) is 71.8 Å². The molecule has 5 rings (SSSR count). The summed E-state index contributed by atoms with van der Waals surface area (Å²) in [6.45, 7) is 6.71. The summed E-state index contributed by atoms with van der Waals surface area (Å²) in [4.78, 5) is 27.1. The normalized spacial score (nSPS) is 14.5. The van der Waals surface area contributed by atoms with Crippen molar-refractivity contribution in [2.75, 3.05) is 17.9 Å². The van der Waals surface area contributed by atoms with Gasteiger partial charge in [-0.3, -0.25) is 9.59 Å². The molecule has 39 heavy (non-hydrogen) atoms. The number of thiophene rings is 1. The number of hydrogen-bond acceptors (Lipinski definition) is 9. The highest BCUT2D eigenvalue weighted by atomic mass is 32.2. The van der Waals surface area contributed by atoms with Gasteiger partial charge in [0, 0.05) is 17.0 Å². The fourth-order valence-corrected chi connectivity index (χ4v) is 6.86. The summed E-state index contributed by atoms with van der Waals surface area (Å²) in [7, 11) is 0. The van der Waals surface area contributed by atoms with Crippen LogP contribution in [0.2, 0.25) is 0 Å². The minimum atomic E-state index is -0.394. The molecule has 1 aliphatic carbocycles. The number of hydrogen-bond donors (Lipinski definition) is 2. The van der Waals surface area contributed by atoms with Crippen molar-refractivity contribution in [2.24, 2.45) is 5.92 Å². The first kappa shape index (κ1) is 27.0. The van der Waals surface area contributed by atoms with E-state index in [0.717, 1.165) is 31.2 Å². The maximum absolute atomic E-state index is 13.1. The summed E-state index contributed by atoms with van der Waals surface area (Å²) in [5.41, 5.74) is 2.16. The van der Waals surface area contributed by atoms with Gasteiger partial charge in [-0.15, -0.1) is 21.5 Å². The van der Waals surface area contributed by atoms with Crippen LogP contribution in [0.4, 0.5) is 5.00 Å². The van der Waals surface area contributed by atoms with Crippen molar-refractivity contribution < 1.29 is 19.1 Å². The Morgan fingerprint density at radius 1 is 1.21 bits per heavy atom. The number of anilines is 1. The van der Waals surface area contributed by atoms with Crippen LogP contribution in [0.25, 0.3) is 0 Å². The molecule has 204 valence electrons. The molecule has 1 atom stereocenters. The number of aryl methyl sites for hydroxylation is 1. The van der Waals surface area contributed by atoms with Gasteiger partial charge < -0.3 is 24.7 Å². The molecule has 3 aromatic rings. The van der Waals surface area contributed by atoms with Crippen LogP contribution in [0, 0.1) is 17.2 Å². The minimum absolute atomic E-state index is 0.0351. The number of carbonyl (C=O) groups is 2. The second kappa shape index (κ2) is 11.7. The SMILES string of the molecule is CCn1c(SCC(=O)Nc2sc3c(c2C#N)CCCC3)nnc1C(NC(=O)c1ccc2c(c1)OCO2)C(C)C. The summed E-state index contributed by atoms with van der Waals surface area (Å²) < 4.78 is 12.7. The summed E-state index contributed by atoms with van der Waals surface area (Å²) in [5, 5.41) is 25.7. The first-order chi connectivity index (χ1) is 18.9. The fourth-order valence-electron chi connectivity index (χ4n) is 4.79. The Morgan fingerprint density at radius 3 is 2.77 bits per heavy atom. The molecule has 2 aromatic heterocycles. The van der Waals surface area contributed by atoms with Crippen LogP contribution < -0.4 is 20.1 Å². The fraction of sp³-hybridized carbons (Fsp3) is 0.444. The van der Waals surface area contributed by atoms with Gasteiger partial charge in [-0.1, -0.05) is 25.6 Å². The summed E-state index contributed by atoms with van der Waals surface area (Å²) in [6.07, 6.45) is 4.05. The Hall–Kier alpha value is -3.56. The Balaban J connectivity index is 1.27. The van der Waals surface area contributed by atoms with Crippen molar-refractivity contribution >= 4 is 39.9 Å². The lowest BCUT2D eigenvalue weighted by molar-refractivity contribution is -0.113. The van der Waals surface area contributed by atoms with Gasteiger partial charge in [0.25, 0.3) is 5.91 Å². The second-order valence-corrected chi connectivity index (χ2v) is 11.8. The third-order valence-corrected chi connectivity index (χ3v) is 8.97. The zero-order valence-electron chi connectivity index (χ0n) is 22.1. The lowest BCUT2D eigenvalue weighted by Crippen LogP contribution is -2.33. The zero-order valence-corrected chi connectivity index (χ0v) is 23.7. The molecule has 3 heterocycles. The summed E-state index contributed by atoms with van der Waals surface area (Å²) in [5.74, 6) is 1.50. The van der Waals surface area contributed by atoms with Gasteiger partial charge in [-0.2, -0.15) is 5.26 Å². The van der Waals surface area contributed by atoms with Gasteiger partial charge in [0.05, 0.1) is 17.4 Å². The third kappa shape index (κ3) is 5.60. The molecule has 0 fully saturated rings. The van der Waals surface area contributed by atoms with E-state index >= 15 is 0 Å². The molecule has 12 heteroatoms. The molecule has 0 bridgehead atoms. The standard InChI is InChI=1S/C27H30N6O4S2/c1-4-33-24(23(15(2)3)30-25(35)16-9-10-19-20(11-16)37-14-36-19)31-32-27(33)38-13-22(34)29-26-18(12-28)17-7-5-6-8-21(17)39-26/h9-11,15,23H,4-8,13-14H2,1-3H3,(H,29,34)(H,30,35). The number of fused-ring (bicyclic) bond motifs is 2. The number of nitriles is 1. The van der Waals surface area contributed by atoms with Crippen molar-refractivity contribution in [3.63, 3.8) is 0 Å². The third-order valence-electron chi connectivity index (χ3n) is 6.80. The Labute approximate surface area is 235 Å². The number of amides is 2. The van der Waals surface area contributed by atoms with E-state index in [1.54, 1.807) is 18.2 Å². The number of ether oxygens (including phenoxy) is 2. The molecule has 2 aliphatic rings. The predicted octanol–water partition coefficient (Wildman–Crippen LogP) is 4.70. The Kier molecular flexibility index (Phi) is 8.09. The first-order valence-electron chi connectivity index (χ1n) is 13.0. The van der Waals surface area contributed by atoms with E-state index in [9.17, 15) is 14.9 Å². The largest absolute Gasteiger partial charge is 0.454 e. The van der Waals surface area contributed by atoms with Gasteiger partial charge in [-0.05, 0) is 62.3 Å².